The van der Waals surface area contributed by atoms with E-state index in [-0.39, 0.29) is 18.7 Å². The van der Waals surface area contributed by atoms with Crippen LogP contribution in [0.15, 0.2) is 30.3 Å². The van der Waals surface area contributed by atoms with Crippen LogP contribution in [0.4, 0.5) is 10.5 Å². The molecule has 2 rings (SSSR count). The number of hydrogen-bond donors (Lipinski definition) is 2. The van der Waals surface area contributed by atoms with Crippen LogP contribution in [-0.2, 0) is 0 Å². The molecule has 1 saturated heterocycles. The van der Waals surface area contributed by atoms with Crippen LogP contribution in [0.3, 0.4) is 0 Å². The van der Waals surface area contributed by atoms with Crippen molar-refractivity contribution < 1.29 is 9.90 Å². The van der Waals surface area contributed by atoms with Crippen molar-refractivity contribution in [3.63, 3.8) is 0 Å². The Bertz CT molecular complexity index is 430. The van der Waals surface area contributed by atoms with E-state index in [2.05, 4.69) is 34.5 Å². The first kappa shape index (κ1) is 15.6. The largest absolute Gasteiger partial charge is 0.395 e. The summed E-state index contributed by atoms with van der Waals surface area (Å²) in [5.41, 5.74) is 1.25. The van der Waals surface area contributed by atoms with Gasteiger partial charge < -0.3 is 20.2 Å². The molecule has 0 radical (unpaired) electrons. The van der Waals surface area contributed by atoms with E-state index in [0.717, 1.165) is 25.9 Å². The van der Waals surface area contributed by atoms with Gasteiger partial charge in [0.25, 0.3) is 0 Å². The van der Waals surface area contributed by atoms with Crippen LogP contribution in [0.5, 0.6) is 0 Å². The van der Waals surface area contributed by atoms with Gasteiger partial charge in [0, 0.05) is 37.9 Å². The minimum Gasteiger partial charge on any atom is -0.395 e. The van der Waals surface area contributed by atoms with Crippen molar-refractivity contribution in [1.82, 2.24) is 10.2 Å². The summed E-state index contributed by atoms with van der Waals surface area (Å²) in [7, 11) is 0. The first-order valence-electron chi connectivity index (χ1n) is 7.71. The van der Waals surface area contributed by atoms with Crippen LogP contribution in [-0.4, -0.2) is 54.9 Å². The van der Waals surface area contributed by atoms with Gasteiger partial charge in [-0.25, -0.2) is 4.79 Å². The summed E-state index contributed by atoms with van der Waals surface area (Å²) < 4.78 is 0. The number of carbonyl (C=O) groups is 1. The Hall–Kier alpha value is -1.75. The highest BCUT2D eigenvalue weighted by atomic mass is 16.3. The fourth-order valence-electron chi connectivity index (χ4n) is 2.71. The van der Waals surface area contributed by atoms with Crippen molar-refractivity contribution in [2.75, 3.05) is 37.7 Å². The SMILES string of the molecule is CCN(CCO)C(=O)NC1CCN(c2ccccc2)CC1. The number of aliphatic hydroxyl groups is 1. The zero-order chi connectivity index (χ0) is 15.1. The number of nitrogens with zero attached hydrogens (tertiary/aromatic N) is 2. The minimum absolute atomic E-state index is 0.00765. The number of para-hydroxylation sites is 1. The molecular formula is C16H25N3O2. The lowest BCUT2D eigenvalue weighted by atomic mass is 10.0. The van der Waals surface area contributed by atoms with E-state index in [1.165, 1.54) is 5.69 Å². The summed E-state index contributed by atoms with van der Waals surface area (Å²) in [6.07, 6.45) is 1.91. The van der Waals surface area contributed by atoms with Gasteiger partial charge in [-0.2, -0.15) is 0 Å². The van der Waals surface area contributed by atoms with E-state index in [1.807, 2.05) is 13.0 Å². The maximum absolute atomic E-state index is 12.1. The topological polar surface area (TPSA) is 55.8 Å². The van der Waals surface area contributed by atoms with Crippen LogP contribution >= 0.6 is 0 Å². The maximum Gasteiger partial charge on any atom is 0.317 e. The Morgan fingerprint density at radius 2 is 2.00 bits per heavy atom. The molecule has 0 spiro atoms. The number of carbonyl (C=O) groups excluding carboxylic acids is 1. The van der Waals surface area contributed by atoms with Gasteiger partial charge in [-0.05, 0) is 31.9 Å². The summed E-state index contributed by atoms with van der Waals surface area (Å²) >= 11 is 0. The number of piperidine rings is 1. The molecule has 1 heterocycles. The molecule has 2 amide bonds. The monoisotopic (exact) mass is 291 g/mol. The second-order valence-electron chi connectivity index (χ2n) is 5.35. The normalized spacial score (nSPS) is 15.8. The van der Waals surface area contributed by atoms with E-state index < -0.39 is 0 Å². The lowest BCUT2D eigenvalue weighted by Crippen LogP contribution is -2.49. The Kier molecular flexibility index (Phi) is 5.87. The molecule has 21 heavy (non-hydrogen) atoms. The predicted molar refractivity (Wildman–Crippen MR) is 84.5 cm³/mol. The summed E-state index contributed by atoms with van der Waals surface area (Å²) in [4.78, 5) is 16.1. The number of nitrogens with one attached hydrogen (secondary N) is 1. The molecule has 1 fully saturated rings. The van der Waals surface area contributed by atoms with Gasteiger partial charge in [-0.1, -0.05) is 18.2 Å². The van der Waals surface area contributed by atoms with Crippen molar-refractivity contribution in [2.45, 2.75) is 25.8 Å². The zero-order valence-corrected chi connectivity index (χ0v) is 12.7. The Morgan fingerprint density at radius 3 is 2.57 bits per heavy atom. The summed E-state index contributed by atoms with van der Waals surface area (Å²) in [6.45, 7) is 4.86. The molecule has 1 aliphatic rings. The molecule has 0 bridgehead atoms. The fraction of sp³-hybridized carbons (Fsp3) is 0.562. The molecule has 0 saturated carbocycles. The highest BCUT2D eigenvalue weighted by molar-refractivity contribution is 5.74. The number of benzene rings is 1. The second-order valence-corrected chi connectivity index (χ2v) is 5.35. The van der Waals surface area contributed by atoms with Crippen molar-refractivity contribution in [3.8, 4) is 0 Å². The average Bonchev–Trinajstić information content (AvgIpc) is 2.54. The number of amides is 2. The number of likely N-dealkylation sites (N-methyl/N-ethyl adjacent to an activating group) is 1. The van der Waals surface area contributed by atoms with E-state index >= 15 is 0 Å². The molecule has 2 N–H and O–H groups in total. The molecule has 116 valence electrons. The molecule has 5 heteroatoms. The van der Waals surface area contributed by atoms with Gasteiger partial charge in [0.2, 0.25) is 0 Å². The molecular weight excluding hydrogens is 266 g/mol. The molecule has 1 aromatic carbocycles. The van der Waals surface area contributed by atoms with Crippen LogP contribution < -0.4 is 10.2 Å². The van der Waals surface area contributed by atoms with E-state index in [1.54, 1.807) is 4.90 Å². The lowest BCUT2D eigenvalue weighted by molar-refractivity contribution is 0.175. The number of aliphatic hydroxyl groups excluding tert-OH is 1. The maximum atomic E-state index is 12.1. The third-order valence-corrected chi connectivity index (χ3v) is 3.98. The standard InChI is InChI=1S/C16H25N3O2/c1-2-18(12-13-20)16(21)17-14-8-10-19(11-9-14)15-6-4-3-5-7-15/h3-7,14,20H,2,8-13H2,1H3,(H,17,21). The second kappa shape index (κ2) is 7.88. The number of anilines is 1. The smallest absolute Gasteiger partial charge is 0.317 e. The molecule has 5 nitrogen and oxygen atoms in total. The van der Waals surface area contributed by atoms with E-state index in [9.17, 15) is 4.79 Å². The van der Waals surface area contributed by atoms with Crippen LogP contribution in [0.2, 0.25) is 0 Å². The fourth-order valence-corrected chi connectivity index (χ4v) is 2.71. The lowest BCUT2D eigenvalue weighted by Gasteiger charge is -2.35. The van der Waals surface area contributed by atoms with Gasteiger partial charge in [0.15, 0.2) is 0 Å². The zero-order valence-electron chi connectivity index (χ0n) is 12.7. The van der Waals surface area contributed by atoms with Gasteiger partial charge in [0.05, 0.1) is 6.61 Å². The third-order valence-electron chi connectivity index (χ3n) is 3.98. The van der Waals surface area contributed by atoms with Gasteiger partial charge in [0.1, 0.15) is 0 Å². The van der Waals surface area contributed by atoms with Crippen molar-refractivity contribution in [2.24, 2.45) is 0 Å². The van der Waals surface area contributed by atoms with Crippen molar-refractivity contribution >= 4 is 11.7 Å². The Balaban J connectivity index is 1.80. The van der Waals surface area contributed by atoms with Gasteiger partial charge >= 0.3 is 6.03 Å². The molecule has 1 aliphatic heterocycles. The summed E-state index contributed by atoms with van der Waals surface area (Å²) in [6, 6.07) is 10.5. The van der Waals surface area contributed by atoms with E-state index in [4.69, 9.17) is 5.11 Å². The molecule has 0 aliphatic carbocycles. The number of urea groups is 1. The Labute approximate surface area is 126 Å². The van der Waals surface area contributed by atoms with Crippen molar-refractivity contribution in [3.05, 3.63) is 30.3 Å². The quantitative estimate of drug-likeness (QED) is 0.868. The summed E-state index contributed by atoms with van der Waals surface area (Å²) in [5.74, 6) is 0. The van der Waals surface area contributed by atoms with Crippen LogP contribution in [0.1, 0.15) is 19.8 Å². The van der Waals surface area contributed by atoms with Gasteiger partial charge in [-0.15, -0.1) is 0 Å². The van der Waals surface area contributed by atoms with E-state index in [0.29, 0.717) is 13.1 Å². The van der Waals surface area contributed by atoms with Gasteiger partial charge in [-0.3, -0.25) is 0 Å². The average molecular weight is 291 g/mol. The predicted octanol–water partition coefficient (Wildman–Crippen LogP) is 1.68. The minimum atomic E-state index is -0.0651. The van der Waals surface area contributed by atoms with Crippen LogP contribution in [0, 0.1) is 0 Å². The summed E-state index contributed by atoms with van der Waals surface area (Å²) in [5, 5.41) is 12.0. The molecule has 0 aromatic heterocycles. The number of rotatable bonds is 5. The number of hydrogen-bond acceptors (Lipinski definition) is 3. The molecule has 0 unspecified atom stereocenters. The third kappa shape index (κ3) is 4.36. The molecule has 0 atom stereocenters. The first-order valence-corrected chi connectivity index (χ1v) is 7.71. The first-order chi connectivity index (χ1) is 10.2. The Morgan fingerprint density at radius 1 is 1.33 bits per heavy atom. The highest BCUT2D eigenvalue weighted by Crippen LogP contribution is 2.19. The molecule has 1 aromatic rings. The van der Waals surface area contributed by atoms with Crippen LogP contribution in [0.25, 0.3) is 0 Å². The van der Waals surface area contributed by atoms with Crippen molar-refractivity contribution in [1.29, 1.82) is 0 Å². The highest BCUT2D eigenvalue weighted by Gasteiger charge is 2.22.